The third-order valence-corrected chi connectivity index (χ3v) is 5.02. The Bertz CT molecular complexity index is 937. The number of hydrogen-bond acceptors (Lipinski definition) is 4. The van der Waals surface area contributed by atoms with Gasteiger partial charge in [0.25, 0.3) is 5.91 Å². The van der Waals surface area contributed by atoms with Gasteiger partial charge in [0.15, 0.2) is 11.5 Å². The number of carbonyl (C=O) groups is 2. The van der Waals surface area contributed by atoms with Crippen LogP contribution in [-0.2, 0) is 4.79 Å². The quantitative estimate of drug-likeness (QED) is 0.613. The molecule has 30 heavy (non-hydrogen) atoms. The summed E-state index contributed by atoms with van der Waals surface area (Å²) in [5.74, 6) is 0.0374. The van der Waals surface area contributed by atoms with Gasteiger partial charge in [0.05, 0.1) is 18.2 Å². The first-order valence-corrected chi connectivity index (χ1v) is 10.3. The minimum absolute atomic E-state index is 0.0253. The fourth-order valence-electron chi connectivity index (χ4n) is 3.28. The second-order valence-corrected chi connectivity index (χ2v) is 7.17. The molecule has 1 aliphatic rings. The molecule has 0 atom stereocenters. The van der Waals surface area contributed by atoms with Gasteiger partial charge in [-0.2, -0.15) is 0 Å². The van der Waals surface area contributed by atoms with E-state index >= 15 is 0 Å². The van der Waals surface area contributed by atoms with E-state index in [0.29, 0.717) is 48.9 Å². The van der Waals surface area contributed by atoms with Gasteiger partial charge < -0.3 is 14.4 Å². The number of hydrogen-bond donors (Lipinski definition) is 0. The average Bonchev–Trinajstić information content (AvgIpc) is 3.14. The molecule has 2 amide bonds. The highest BCUT2D eigenvalue weighted by atomic mass is 35.5. The number of likely N-dealkylation sites (tertiary alicyclic amines) is 1. The summed E-state index contributed by atoms with van der Waals surface area (Å²) in [5, 5.41) is -0.0975. The van der Waals surface area contributed by atoms with Crippen molar-refractivity contribution in [3.8, 4) is 11.5 Å². The van der Waals surface area contributed by atoms with Crippen LogP contribution in [0.4, 0.5) is 10.1 Å². The van der Waals surface area contributed by atoms with Crippen LogP contribution in [0.2, 0.25) is 5.02 Å². The Balaban J connectivity index is 1.97. The molecule has 8 heteroatoms. The Labute approximate surface area is 180 Å². The standard InChI is InChI=1S/C22H24ClFN2O4/c1-3-29-19-10-7-15(12-20(19)30-4-2)22(28)26(14-25-11-5-6-21(25)27)16-8-9-18(24)17(23)13-16/h7-10,12-13H,3-6,11,14H2,1-2H3. The van der Waals surface area contributed by atoms with Crippen molar-refractivity contribution in [2.24, 2.45) is 0 Å². The summed E-state index contributed by atoms with van der Waals surface area (Å²) in [7, 11) is 0. The van der Waals surface area contributed by atoms with Crippen LogP contribution in [0, 0.1) is 5.82 Å². The molecule has 0 saturated carbocycles. The summed E-state index contributed by atoms with van der Waals surface area (Å²) in [4.78, 5) is 28.6. The maximum atomic E-state index is 13.7. The van der Waals surface area contributed by atoms with Crippen molar-refractivity contribution in [3.63, 3.8) is 0 Å². The Morgan fingerprint density at radius 1 is 1.13 bits per heavy atom. The monoisotopic (exact) mass is 434 g/mol. The maximum absolute atomic E-state index is 13.7. The molecule has 160 valence electrons. The lowest BCUT2D eigenvalue weighted by molar-refractivity contribution is -0.127. The van der Waals surface area contributed by atoms with Crippen LogP contribution in [0.3, 0.4) is 0 Å². The Morgan fingerprint density at radius 3 is 2.50 bits per heavy atom. The summed E-state index contributed by atoms with van der Waals surface area (Å²) in [5.41, 5.74) is 0.756. The van der Waals surface area contributed by atoms with Crippen molar-refractivity contribution in [2.45, 2.75) is 26.7 Å². The molecule has 3 rings (SSSR count). The highest BCUT2D eigenvalue weighted by molar-refractivity contribution is 6.31. The number of benzene rings is 2. The fourth-order valence-corrected chi connectivity index (χ4v) is 3.46. The number of anilines is 1. The Kier molecular flexibility index (Phi) is 7.15. The number of ether oxygens (including phenoxy) is 2. The van der Waals surface area contributed by atoms with Crippen molar-refractivity contribution in [2.75, 3.05) is 31.3 Å². The van der Waals surface area contributed by atoms with E-state index < -0.39 is 5.82 Å². The topological polar surface area (TPSA) is 59.1 Å². The van der Waals surface area contributed by atoms with E-state index in [0.717, 1.165) is 6.42 Å². The van der Waals surface area contributed by atoms with Crippen molar-refractivity contribution in [1.29, 1.82) is 0 Å². The maximum Gasteiger partial charge on any atom is 0.259 e. The first kappa shape index (κ1) is 21.9. The van der Waals surface area contributed by atoms with Crippen molar-refractivity contribution in [1.82, 2.24) is 4.90 Å². The lowest BCUT2D eigenvalue weighted by Crippen LogP contribution is -2.42. The van der Waals surface area contributed by atoms with Gasteiger partial charge in [-0.25, -0.2) is 4.39 Å². The molecule has 0 aliphatic carbocycles. The van der Waals surface area contributed by atoms with Gasteiger partial charge in [-0.1, -0.05) is 11.6 Å². The molecule has 0 N–H and O–H groups in total. The zero-order valence-corrected chi connectivity index (χ0v) is 17.7. The van der Waals surface area contributed by atoms with Crippen molar-refractivity contribution < 1.29 is 23.5 Å². The zero-order chi connectivity index (χ0) is 21.7. The second-order valence-electron chi connectivity index (χ2n) is 6.76. The van der Waals surface area contributed by atoms with Gasteiger partial charge in [0, 0.05) is 24.2 Å². The smallest absolute Gasteiger partial charge is 0.259 e. The summed E-state index contributed by atoms with van der Waals surface area (Å²) in [6, 6.07) is 8.98. The van der Waals surface area contributed by atoms with E-state index in [4.69, 9.17) is 21.1 Å². The lowest BCUT2D eigenvalue weighted by Gasteiger charge is -2.28. The summed E-state index contributed by atoms with van der Waals surface area (Å²) in [6.45, 7) is 5.20. The lowest BCUT2D eigenvalue weighted by atomic mass is 10.1. The van der Waals surface area contributed by atoms with Crippen LogP contribution < -0.4 is 14.4 Å². The summed E-state index contributed by atoms with van der Waals surface area (Å²) < 4.78 is 24.9. The van der Waals surface area contributed by atoms with Crippen LogP contribution in [0.25, 0.3) is 0 Å². The van der Waals surface area contributed by atoms with Gasteiger partial charge in [0.2, 0.25) is 5.91 Å². The van der Waals surface area contributed by atoms with Gasteiger partial charge in [-0.05, 0) is 56.7 Å². The highest BCUT2D eigenvalue weighted by Crippen LogP contribution is 2.31. The first-order chi connectivity index (χ1) is 14.4. The second kappa shape index (κ2) is 9.80. The van der Waals surface area contributed by atoms with E-state index in [1.807, 2.05) is 13.8 Å². The fraction of sp³-hybridized carbons (Fsp3) is 0.364. The van der Waals surface area contributed by atoms with Crippen molar-refractivity contribution >= 4 is 29.1 Å². The molecule has 6 nitrogen and oxygen atoms in total. The van der Waals surface area contributed by atoms with Gasteiger partial charge in [0.1, 0.15) is 12.5 Å². The van der Waals surface area contributed by atoms with E-state index in [2.05, 4.69) is 0 Å². The molecule has 0 unspecified atom stereocenters. The van der Waals surface area contributed by atoms with Crippen LogP contribution in [-0.4, -0.2) is 43.1 Å². The van der Waals surface area contributed by atoms with Crippen LogP contribution in [0.1, 0.15) is 37.0 Å². The van der Waals surface area contributed by atoms with Crippen molar-refractivity contribution in [3.05, 3.63) is 52.8 Å². The number of halogens is 2. The summed E-state index contributed by atoms with van der Waals surface area (Å²) in [6.07, 6.45) is 1.19. The predicted octanol–water partition coefficient (Wildman–Crippen LogP) is 4.50. The Morgan fingerprint density at radius 2 is 1.87 bits per heavy atom. The van der Waals surface area contributed by atoms with Crippen LogP contribution in [0.5, 0.6) is 11.5 Å². The van der Waals surface area contributed by atoms with E-state index in [-0.39, 0.29) is 23.5 Å². The number of carbonyl (C=O) groups excluding carboxylic acids is 2. The minimum Gasteiger partial charge on any atom is -0.490 e. The molecule has 0 spiro atoms. The first-order valence-electron chi connectivity index (χ1n) is 9.89. The number of amides is 2. The molecule has 0 bridgehead atoms. The van der Waals surface area contributed by atoms with Gasteiger partial charge >= 0.3 is 0 Å². The average molecular weight is 435 g/mol. The van der Waals surface area contributed by atoms with Crippen LogP contribution in [0.15, 0.2) is 36.4 Å². The van der Waals surface area contributed by atoms with Gasteiger partial charge in [-0.15, -0.1) is 0 Å². The zero-order valence-electron chi connectivity index (χ0n) is 17.0. The minimum atomic E-state index is -0.579. The van der Waals surface area contributed by atoms with E-state index in [1.165, 1.54) is 23.1 Å². The van der Waals surface area contributed by atoms with Gasteiger partial charge in [-0.3, -0.25) is 14.5 Å². The normalized spacial score (nSPS) is 13.5. The third kappa shape index (κ3) is 4.84. The summed E-state index contributed by atoms with van der Waals surface area (Å²) >= 11 is 5.95. The molecule has 1 fully saturated rings. The molecule has 1 aliphatic heterocycles. The molecule has 2 aromatic rings. The van der Waals surface area contributed by atoms with Crippen LogP contribution >= 0.6 is 11.6 Å². The molecule has 2 aromatic carbocycles. The predicted molar refractivity (Wildman–Crippen MR) is 113 cm³/mol. The van der Waals surface area contributed by atoms with E-state index in [9.17, 15) is 14.0 Å². The number of nitrogens with zero attached hydrogens (tertiary/aromatic N) is 2. The molecule has 1 saturated heterocycles. The Hall–Kier alpha value is -2.80. The SMILES string of the molecule is CCOc1ccc(C(=O)N(CN2CCCC2=O)c2ccc(F)c(Cl)c2)cc1OCC. The molecule has 0 aromatic heterocycles. The van der Waals surface area contributed by atoms with E-state index in [1.54, 1.807) is 23.1 Å². The number of rotatable bonds is 8. The highest BCUT2D eigenvalue weighted by Gasteiger charge is 2.27. The molecule has 1 heterocycles. The molecular formula is C22H24ClFN2O4. The third-order valence-electron chi connectivity index (χ3n) is 4.73. The molecular weight excluding hydrogens is 411 g/mol. The largest absolute Gasteiger partial charge is 0.490 e. The molecule has 0 radical (unpaired) electrons.